The van der Waals surface area contributed by atoms with Crippen molar-refractivity contribution in [3.8, 4) is 0 Å². The van der Waals surface area contributed by atoms with E-state index in [0.717, 1.165) is 45.0 Å². The van der Waals surface area contributed by atoms with Gasteiger partial charge in [-0.3, -0.25) is 0 Å². The van der Waals surface area contributed by atoms with Crippen LogP contribution in [0.3, 0.4) is 0 Å². The number of rotatable bonds is 5. The molecule has 2 atom stereocenters. The molecule has 2 rings (SSSR count). The molecular formula is C14H24N4O4S. The van der Waals surface area contributed by atoms with Gasteiger partial charge in [0.15, 0.2) is 0 Å². The predicted octanol–water partition coefficient (Wildman–Crippen LogP) is 1.76. The Balaban J connectivity index is 2.16. The van der Waals surface area contributed by atoms with Crippen molar-refractivity contribution in [1.82, 2.24) is 20.4 Å². The maximum absolute atomic E-state index is 12.4. The second kappa shape index (κ2) is 7.29. The molecule has 1 aromatic rings. The first-order chi connectivity index (χ1) is 10.8. The van der Waals surface area contributed by atoms with Gasteiger partial charge < -0.3 is 14.6 Å². The molecule has 2 heterocycles. The lowest BCUT2D eigenvalue weighted by Crippen LogP contribution is -2.45. The van der Waals surface area contributed by atoms with Crippen molar-refractivity contribution in [2.45, 2.75) is 50.8 Å². The topological polar surface area (TPSA) is 105 Å². The van der Waals surface area contributed by atoms with E-state index in [1.54, 1.807) is 4.90 Å². The zero-order valence-electron chi connectivity index (χ0n) is 13.8. The highest BCUT2D eigenvalue weighted by Crippen LogP contribution is 2.25. The van der Waals surface area contributed by atoms with Gasteiger partial charge in [-0.05, 0) is 25.2 Å². The molecule has 1 aromatic heterocycles. The van der Waals surface area contributed by atoms with Crippen LogP contribution in [0.1, 0.15) is 51.5 Å². The fourth-order valence-corrected chi connectivity index (χ4v) is 2.93. The number of sulfone groups is 1. The highest BCUT2D eigenvalue weighted by molar-refractivity contribution is 7.90. The Morgan fingerprint density at radius 3 is 2.48 bits per heavy atom. The maximum Gasteiger partial charge on any atom is 0.335 e. The molecule has 2 amide bonds. The number of urea groups is 1. The summed E-state index contributed by atoms with van der Waals surface area (Å²) in [6.45, 7) is 5.40. The molecule has 0 radical (unpaired) electrons. The number of hydrogen-bond donors (Lipinski definition) is 1. The molecule has 1 N–H and O–H groups in total. The predicted molar refractivity (Wildman–Crippen MR) is 83.6 cm³/mol. The molecule has 0 unspecified atom stereocenters. The summed E-state index contributed by atoms with van der Waals surface area (Å²) in [7, 11) is -3.56. The van der Waals surface area contributed by atoms with Crippen molar-refractivity contribution >= 4 is 15.9 Å². The van der Waals surface area contributed by atoms with Gasteiger partial charge in [-0.2, -0.15) is 0 Å². The van der Waals surface area contributed by atoms with Crippen LogP contribution in [0.25, 0.3) is 0 Å². The molecule has 23 heavy (non-hydrogen) atoms. The average Bonchev–Trinajstić information content (AvgIpc) is 3.02. The number of nitrogens with one attached hydrogen (secondary N) is 1. The van der Waals surface area contributed by atoms with Crippen LogP contribution < -0.4 is 5.32 Å². The second-order valence-corrected chi connectivity index (χ2v) is 7.93. The maximum atomic E-state index is 12.4. The Hall–Kier alpha value is -1.64. The zero-order chi connectivity index (χ0) is 17.0. The van der Waals surface area contributed by atoms with Crippen molar-refractivity contribution in [3.05, 3.63) is 5.89 Å². The first kappa shape index (κ1) is 17.7. The summed E-state index contributed by atoms with van der Waals surface area (Å²) in [5.74, 6) is 0.168. The highest BCUT2D eigenvalue weighted by atomic mass is 32.2. The summed E-state index contributed by atoms with van der Waals surface area (Å²) in [5, 5.41) is 9.89. The molecule has 8 nitrogen and oxygen atoms in total. The molecule has 1 saturated heterocycles. The quantitative estimate of drug-likeness (QED) is 0.872. The van der Waals surface area contributed by atoms with E-state index in [4.69, 9.17) is 4.42 Å². The number of piperidine rings is 1. The van der Waals surface area contributed by atoms with Crippen LogP contribution in [0, 0.1) is 5.92 Å². The smallest absolute Gasteiger partial charge is 0.335 e. The first-order valence-corrected chi connectivity index (χ1v) is 9.81. The van der Waals surface area contributed by atoms with E-state index < -0.39 is 21.1 Å². The zero-order valence-corrected chi connectivity index (χ0v) is 14.6. The van der Waals surface area contributed by atoms with Gasteiger partial charge in [-0.25, -0.2) is 13.2 Å². The molecule has 0 aromatic carbocycles. The number of carbonyl (C=O) groups excluding carboxylic acids is 1. The molecule has 1 fully saturated rings. The van der Waals surface area contributed by atoms with Crippen LogP contribution in [0.5, 0.6) is 0 Å². The van der Waals surface area contributed by atoms with Crippen LogP contribution in [-0.4, -0.2) is 48.9 Å². The Kier molecular flexibility index (Phi) is 5.61. The van der Waals surface area contributed by atoms with Crippen molar-refractivity contribution in [2.75, 3.05) is 19.3 Å². The molecule has 1 aliphatic rings. The minimum atomic E-state index is -3.56. The number of hydrogen-bond acceptors (Lipinski definition) is 6. The van der Waals surface area contributed by atoms with E-state index in [1.165, 1.54) is 0 Å². The molecule has 9 heteroatoms. The lowest BCUT2D eigenvalue weighted by Gasteiger charge is -2.30. The van der Waals surface area contributed by atoms with Crippen molar-refractivity contribution < 1.29 is 17.6 Å². The van der Waals surface area contributed by atoms with Gasteiger partial charge in [0, 0.05) is 19.3 Å². The first-order valence-electron chi connectivity index (χ1n) is 7.91. The van der Waals surface area contributed by atoms with E-state index >= 15 is 0 Å². The van der Waals surface area contributed by atoms with Crippen LogP contribution in [0.2, 0.25) is 0 Å². The van der Waals surface area contributed by atoms with Gasteiger partial charge in [0.25, 0.3) is 0 Å². The van der Waals surface area contributed by atoms with E-state index in [1.807, 2.05) is 13.8 Å². The summed E-state index contributed by atoms with van der Waals surface area (Å²) in [4.78, 5) is 14.2. The minimum absolute atomic E-state index is 0.0385. The summed E-state index contributed by atoms with van der Waals surface area (Å²) < 4.78 is 28.2. The van der Waals surface area contributed by atoms with Crippen molar-refractivity contribution in [3.63, 3.8) is 0 Å². The number of carbonyl (C=O) groups is 1. The second-order valence-electron chi connectivity index (χ2n) is 6.04. The van der Waals surface area contributed by atoms with Crippen LogP contribution in [-0.2, 0) is 9.84 Å². The molecule has 0 aliphatic carbocycles. The fraction of sp³-hybridized carbons (Fsp3) is 0.786. The lowest BCUT2D eigenvalue weighted by atomic mass is 9.99. The van der Waals surface area contributed by atoms with Crippen LogP contribution >= 0.6 is 0 Å². The third-order valence-electron chi connectivity index (χ3n) is 4.14. The third kappa shape index (κ3) is 4.43. The standard InChI is InChI=1S/C14H24N4O4S/c1-4-10(2)11(12-16-17-14(22-12)23(3,20)21)15-13(19)18-8-6-5-7-9-18/h10-11H,4-9H2,1-3H3,(H,15,19)/t10-,11+/m1/s1. The summed E-state index contributed by atoms with van der Waals surface area (Å²) in [5.41, 5.74) is 0. The summed E-state index contributed by atoms with van der Waals surface area (Å²) in [6.07, 6.45) is 4.93. The van der Waals surface area contributed by atoms with E-state index in [-0.39, 0.29) is 17.8 Å². The molecule has 0 saturated carbocycles. The number of aromatic nitrogens is 2. The van der Waals surface area contributed by atoms with Gasteiger partial charge in [0.2, 0.25) is 15.7 Å². The van der Waals surface area contributed by atoms with E-state index in [2.05, 4.69) is 15.5 Å². The highest BCUT2D eigenvalue weighted by Gasteiger charge is 2.29. The Morgan fingerprint density at radius 2 is 1.96 bits per heavy atom. The Labute approximate surface area is 136 Å². The normalized spacial score (nSPS) is 18.5. The number of nitrogens with zero attached hydrogens (tertiary/aromatic N) is 3. The monoisotopic (exact) mass is 344 g/mol. The largest absolute Gasteiger partial charge is 0.410 e. The fourth-order valence-electron chi connectivity index (χ4n) is 2.50. The lowest BCUT2D eigenvalue weighted by molar-refractivity contribution is 0.173. The van der Waals surface area contributed by atoms with Crippen molar-refractivity contribution in [2.24, 2.45) is 5.92 Å². The number of amides is 2. The van der Waals surface area contributed by atoms with Crippen LogP contribution in [0.15, 0.2) is 9.64 Å². The van der Waals surface area contributed by atoms with Crippen LogP contribution in [0.4, 0.5) is 4.79 Å². The Bertz CT molecular complexity index is 637. The van der Waals surface area contributed by atoms with E-state index in [9.17, 15) is 13.2 Å². The number of likely N-dealkylation sites (tertiary alicyclic amines) is 1. The van der Waals surface area contributed by atoms with Gasteiger partial charge >= 0.3 is 11.3 Å². The molecule has 0 spiro atoms. The van der Waals surface area contributed by atoms with Gasteiger partial charge in [0.1, 0.15) is 6.04 Å². The molecule has 130 valence electrons. The van der Waals surface area contributed by atoms with Gasteiger partial charge in [-0.15, -0.1) is 5.10 Å². The van der Waals surface area contributed by atoms with Crippen molar-refractivity contribution in [1.29, 1.82) is 0 Å². The molecule has 0 bridgehead atoms. The molecular weight excluding hydrogens is 320 g/mol. The SMILES string of the molecule is CC[C@@H](C)[C@H](NC(=O)N1CCCCC1)c1nnc(S(C)(=O)=O)o1. The average molecular weight is 344 g/mol. The minimum Gasteiger partial charge on any atom is -0.410 e. The summed E-state index contributed by atoms with van der Waals surface area (Å²) >= 11 is 0. The Morgan fingerprint density at radius 1 is 1.30 bits per heavy atom. The van der Waals surface area contributed by atoms with E-state index in [0.29, 0.717) is 0 Å². The van der Waals surface area contributed by atoms with Gasteiger partial charge in [-0.1, -0.05) is 25.4 Å². The summed E-state index contributed by atoms with van der Waals surface area (Å²) in [6, 6.07) is -0.675. The van der Waals surface area contributed by atoms with Gasteiger partial charge in [0.05, 0.1) is 0 Å². The third-order valence-corrected chi connectivity index (χ3v) is 4.94. The molecule has 1 aliphatic heterocycles.